The normalized spacial score (nSPS) is 13.9. The highest BCUT2D eigenvalue weighted by atomic mass is 16.5. The van der Waals surface area contributed by atoms with E-state index in [1.54, 1.807) is 17.0 Å². The Morgan fingerprint density at radius 2 is 1.97 bits per heavy atom. The van der Waals surface area contributed by atoms with Gasteiger partial charge in [-0.2, -0.15) is 0 Å². The number of para-hydroxylation sites is 2. The smallest absolute Gasteiger partial charge is 0.257 e. The van der Waals surface area contributed by atoms with E-state index in [9.17, 15) is 9.59 Å². The first-order chi connectivity index (χ1) is 14.7. The van der Waals surface area contributed by atoms with Crippen molar-refractivity contribution < 1.29 is 14.3 Å². The van der Waals surface area contributed by atoms with E-state index in [0.717, 1.165) is 36.1 Å². The monoisotopic (exact) mass is 406 g/mol. The van der Waals surface area contributed by atoms with Crippen molar-refractivity contribution in [2.45, 2.75) is 32.7 Å². The first-order valence-corrected chi connectivity index (χ1v) is 10.4. The number of ether oxygens (including phenoxy) is 1. The highest BCUT2D eigenvalue weighted by Crippen LogP contribution is 2.23. The third kappa shape index (κ3) is 4.21. The molecule has 0 spiro atoms. The van der Waals surface area contributed by atoms with Crippen molar-refractivity contribution in [3.8, 4) is 0 Å². The van der Waals surface area contributed by atoms with E-state index in [4.69, 9.17) is 4.74 Å². The Hall–Kier alpha value is -3.19. The average molecular weight is 406 g/mol. The number of fused-ring (bicyclic) bond motifs is 1. The molecule has 0 saturated carbocycles. The predicted octanol–water partition coefficient (Wildman–Crippen LogP) is 3.84. The molecule has 30 heavy (non-hydrogen) atoms. The summed E-state index contributed by atoms with van der Waals surface area (Å²) >= 11 is 0. The Kier molecular flexibility index (Phi) is 6.09. The Morgan fingerprint density at radius 3 is 2.70 bits per heavy atom. The molecule has 156 valence electrons. The van der Waals surface area contributed by atoms with Gasteiger partial charge < -0.3 is 14.2 Å². The lowest BCUT2D eigenvalue weighted by Gasteiger charge is -2.16. The van der Waals surface area contributed by atoms with Crippen molar-refractivity contribution in [2.75, 3.05) is 30.0 Å². The van der Waals surface area contributed by atoms with Gasteiger partial charge in [-0.3, -0.25) is 14.9 Å². The van der Waals surface area contributed by atoms with E-state index < -0.39 is 0 Å². The summed E-state index contributed by atoms with van der Waals surface area (Å²) in [5.74, 6) is 0.431. The van der Waals surface area contributed by atoms with E-state index in [1.807, 2.05) is 47.9 Å². The van der Waals surface area contributed by atoms with Gasteiger partial charge in [-0.1, -0.05) is 12.1 Å². The number of nitrogens with zero attached hydrogens (tertiary/aromatic N) is 3. The minimum atomic E-state index is -0.226. The van der Waals surface area contributed by atoms with E-state index in [-0.39, 0.29) is 11.8 Å². The molecule has 1 aliphatic heterocycles. The van der Waals surface area contributed by atoms with E-state index >= 15 is 0 Å². The number of anilines is 2. The number of carbonyl (C=O) groups excluding carboxylic acids is 2. The summed E-state index contributed by atoms with van der Waals surface area (Å²) in [7, 11) is 0. The van der Waals surface area contributed by atoms with Crippen LogP contribution < -0.4 is 10.2 Å². The van der Waals surface area contributed by atoms with Crippen molar-refractivity contribution in [3.63, 3.8) is 0 Å². The molecular weight excluding hydrogens is 380 g/mol. The number of benzene rings is 2. The van der Waals surface area contributed by atoms with Gasteiger partial charge in [-0.25, -0.2) is 4.98 Å². The fourth-order valence-electron chi connectivity index (χ4n) is 3.75. The number of carbonyl (C=O) groups is 2. The summed E-state index contributed by atoms with van der Waals surface area (Å²) in [6.07, 6.45) is 2.29. The summed E-state index contributed by atoms with van der Waals surface area (Å²) in [5, 5.41) is 2.95. The number of nitrogens with one attached hydrogen (secondary N) is 1. The maximum absolute atomic E-state index is 12.8. The summed E-state index contributed by atoms with van der Waals surface area (Å²) in [4.78, 5) is 31.1. The molecule has 7 nitrogen and oxygen atoms in total. The molecular formula is C23H26N4O3. The molecule has 0 radical (unpaired) electrons. The van der Waals surface area contributed by atoms with Crippen molar-refractivity contribution in [1.29, 1.82) is 0 Å². The van der Waals surface area contributed by atoms with Gasteiger partial charge in [0.2, 0.25) is 11.9 Å². The Labute approximate surface area is 175 Å². The number of imidazole rings is 1. The molecule has 7 heteroatoms. The molecule has 0 atom stereocenters. The van der Waals surface area contributed by atoms with Crippen LogP contribution in [0, 0.1) is 0 Å². The molecule has 2 aromatic carbocycles. The van der Waals surface area contributed by atoms with Gasteiger partial charge >= 0.3 is 0 Å². The lowest BCUT2D eigenvalue weighted by Crippen LogP contribution is -2.23. The minimum Gasteiger partial charge on any atom is -0.382 e. The highest BCUT2D eigenvalue weighted by molar-refractivity contribution is 6.04. The summed E-state index contributed by atoms with van der Waals surface area (Å²) in [5.41, 5.74) is 3.18. The van der Waals surface area contributed by atoms with Gasteiger partial charge in [-0.05, 0) is 56.2 Å². The van der Waals surface area contributed by atoms with Crippen LogP contribution in [0.1, 0.15) is 36.5 Å². The number of aryl methyl sites for hydroxylation is 1. The molecule has 1 N–H and O–H groups in total. The number of aromatic nitrogens is 2. The molecule has 2 heterocycles. The second-order valence-electron chi connectivity index (χ2n) is 7.28. The second kappa shape index (κ2) is 9.09. The van der Waals surface area contributed by atoms with Gasteiger partial charge in [0, 0.05) is 44.0 Å². The highest BCUT2D eigenvalue weighted by Gasteiger charge is 2.22. The van der Waals surface area contributed by atoms with Crippen LogP contribution in [0.4, 0.5) is 11.6 Å². The van der Waals surface area contributed by atoms with Gasteiger partial charge in [0.25, 0.3) is 5.91 Å². The van der Waals surface area contributed by atoms with Crippen molar-refractivity contribution in [1.82, 2.24) is 9.55 Å². The van der Waals surface area contributed by atoms with Gasteiger partial charge in [0.15, 0.2) is 0 Å². The van der Waals surface area contributed by atoms with Crippen molar-refractivity contribution in [2.24, 2.45) is 0 Å². The number of hydrogen-bond donors (Lipinski definition) is 1. The van der Waals surface area contributed by atoms with Gasteiger partial charge in [0.05, 0.1) is 11.0 Å². The SMILES string of the molecule is CCOCCCn1c(NC(=O)c2ccc(N3CCCC3=O)cc2)nc2ccccc21. The molecule has 1 fully saturated rings. The van der Waals surface area contributed by atoms with E-state index in [1.165, 1.54) is 0 Å². The molecule has 1 aliphatic rings. The Morgan fingerprint density at radius 1 is 1.17 bits per heavy atom. The molecule has 1 saturated heterocycles. The quantitative estimate of drug-likeness (QED) is 0.577. The zero-order valence-electron chi connectivity index (χ0n) is 17.1. The maximum atomic E-state index is 12.8. The lowest BCUT2D eigenvalue weighted by atomic mass is 10.2. The van der Waals surface area contributed by atoms with Crippen molar-refractivity contribution >= 4 is 34.5 Å². The molecule has 0 unspecified atom stereocenters. The van der Waals surface area contributed by atoms with Crippen LogP contribution in [0.3, 0.4) is 0 Å². The molecule has 3 aromatic rings. The predicted molar refractivity (Wildman–Crippen MR) is 117 cm³/mol. The van der Waals surface area contributed by atoms with E-state index in [2.05, 4.69) is 10.3 Å². The third-order valence-corrected chi connectivity index (χ3v) is 5.27. The van der Waals surface area contributed by atoms with E-state index in [0.29, 0.717) is 37.7 Å². The molecule has 0 aliphatic carbocycles. The zero-order chi connectivity index (χ0) is 20.9. The number of hydrogen-bond acceptors (Lipinski definition) is 4. The van der Waals surface area contributed by atoms with Crippen LogP contribution in [-0.2, 0) is 16.1 Å². The van der Waals surface area contributed by atoms with Gasteiger partial charge in [0.1, 0.15) is 0 Å². The minimum absolute atomic E-state index is 0.132. The third-order valence-electron chi connectivity index (χ3n) is 5.27. The van der Waals surface area contributed by atoms with Crippen LogP contribution in [0.2, 0.25) is 0 Å². The van der Waals surface area contributed by atoms with Gasteiger partial charge in [-0.15, -0.1) is 0 Å². The topological polar surface area (TPSA) is 76.5 Å². The zero-order valence-corrected chi connectivity index (χ0v) is 17.1. The second-order valence-corrected chi connectivity index (χ2v) is 7.28. The van der Waals surface area contributed by atoms with Crippen LogP contribution in [0.15, 0.2) is 48.5 Å². The van der Waals surface area contributed by atoms with Crippen LogP contribution in [0.5, 0.6) is 0 Å². The number of rotatable bonds is 8. The average Bonchev–Trinajstić information content (AvgIpc) is 3.34. The lowest BCUT2D eigenvalue weighted by molar-refractivity contribution is -0.117. The standard InChI is InChI=1S/C23H26N4O3/c1-2-30-16-6-15-27-20-8-4-3-7-19(20)24-23(27)25-22(29)17-10-12-18(13-11-17)26-14-5-9-21(26)28/h3-4,7-8,10-13H,2,5-6,9,14-16H2,1H3,(H,24,25,29). The first kappa shape index (κ1) is 20.1. The van der Waals surface area contributed by atoms with Crippen LogP contribution >= 0.6 is 0 Å². The Balaban J connectivity index is 1.51. The largest absolute Gasteiger partial charge is 0.382 e. The maximum Gasteiger partial charge on any atom is 0.257 e. The summed E-state index contributed by atoms with van der Waals surface area (Å²) in [6.45, 7) is 4.76. The van der Waals surface area contributed by atoms with Crippen LogP contribution in [0.25, 0.3) is 11.0 Å². The fraction of sp³-hybridized carbons (Fsp3) is 0.348. The fourth-order valence-corrected chi connectivity index (χ4v) is 3.75. The summed E-state index contributed by atoms with van der Waals surface area (Å²) in [6, 6.07) is 15.0. The number of amides is 2. The first-order valence-electron chi connectivity index (χ1n) is 10.4. The van der Waals surface area contributed by atoms with Crippen LogP contribution in [-0.4, -0.2) is 41.1 Å². The molecule has 0 bridgehead atoms. The van der Waals surface area contributed by atoms with Crippen molar-refractivity contribution in [3.05, 3.63) is 54.1 Å². The molecule has 2 amide bonds. The molecule has 1 aromatic heterocycles. The Bertz CT molecular complexity index is 1040. The molecule has 4 rings (SSSR count). The summed E-state index contributed by atoms with van der Waals surface area (Å²) < 4.78 is 7.46.